The maximum absolute atomic E-state index is 11.6. The summed E-state index contributed by atoms with van der Waals surface area (Å²) in [6.07, 6.45) is 0.683. The first-order chi connectivity index (χ1) is 10.6. The SMILES string of the molecule is CC(C)(C)[C@@H]1CN(CC2(O)CCS(=O)(=O)CC2)c2ccccc21. The number of nitrogens with zero attached hydrogens (tertiary/aromatic N) is 1. The third-order valence-corrected chi connectivity index (χ3v) is 7.00. The van der Waals surface area contributed by atoms with Gasteiger partial charge in [-0.2, -0.15) is 0 Å². The molecule has 2 heterocycles. The summed E-state index contributed by atoms with van der Waals surface area (Å²) in [6.45, 7) is 8.16. The highest BCUT2D eigenvalue weighted by atomic mass is 32.2. The lowest BCUT2D eigenvalue weighted by atomic mass is 9.78. The molecule has 23 heavy (non-hydrogen) atoms. The van der Waals surface area contributed by atoms with Crippen molar-refractivity contribution in [1.29, 1.82) is 0 Å². The van der Waals surface area contributed by atoms with E-state index in [4.69, 9.17) is 0 Å². The number of benzene rings is 1. The third kappa shape index (κ3) is 3.41. The van der Waals surface area contributed by atoms with Crippen LogP contribution >= 0.6 is 0 Å². The van der Waals surface area contributed by atoms with Crippen molar-refractivity contribution in [3.63, 3.8) is 0 Å². The van der Waals surface area contributed by atoms with Crippen molar-refractivity contribution in [3.8, 4) is 0 Å². The average molecular weight is 337 g/mol. The van der Waals surface area contributed by atoms with E-state index in [0.29, 0.717) is 25.3 Å². The molecule has 2 aliphatic rings. The zero-order chi connectivity index (χ0) is 16.9. The van der Waals surface area contributed by atoms with Crippen molar-refractivity contribution in [1.82, 2.24) is 0 Å². The summed E-state index contributed by atoms with van der Waals surface area (Å²) in [6, 6.07) is 8.40. The van der Waals surface area contributed by atoms with Crippen LogP contribution in [0.15, 0.2) is 24.3 Å². The number of para-hydroxylation sites is 1. The van der Waals surface area contributed by atoms with Gasteiger partial charge in [0.05, 0.1) is 17.1 Å². The molecule has 1 saturated heterocycles. The van der Waals surface area contributed by atoms with Gasteiger partial charge in [0.25, 0.3) is 0 Å². The monoisotopic (exact) mass is 337 g/mol. The molecule has 1 atom stereocenters. The topological polar surface area (TPSA) is 57.6 Å². The second-order valence-corrected chi connectivity index (χ2v) is 10.5. The fraction of sp³-hybridized carbons (Fsp3) is 0.667. The minimum absolute atomic E-state index is 0.0989. The van der Waals surface area contributed by atoms with Crippen molar-refractivity contribution >= 4 is 15.5 Å². The molecule has 1 fully saturated rings. The number of aliphatic hydroxyl groups is 1. The summed E-state index contributed by atoms with van der Waals surface area (Å²) >= 11 is 0. The van der Waals surface area contributed by atoms with Crippen molar-refractivity contribution in [2.45, 2.75) is 45.1 Å². The highest BCUT2D eigenvalue weighted by molar-refractivity contribution is 7.91. The van der Waals surface area contributed by atoms with Gasteiger partial charge in [0.2, 0.25) is 0 Å². The number of fused-ring (bicyclic) bond motifs is 1. The molecule has 0 unspecified atom stereocenters. The highest BCUT2D eigenvalue weighted by Crippen LogP contribution is 2.46. The van der Waals surface area contributed by atoms with Crippen LogP contribution < -0.4 is 4.90 Å². The summed E-state index contributed by atoms with van der Waals surface area (Å²) in [5.41, 5.74) is 1.79. The Hall–Kier alpha value is -1.07. The number of sulfone groups is 1. The normalized spacial score (nSPS) is 26.1. The van der Waals surface area contributed by atoms with E-state index in [1.807, 2.05) is 6.07 Å². The second kappa shape index (κ2) is 5.49. The Kier molecular flexibility index (Phi) is 4.00. The first-order valence-corrected chi connectivity index (χ1v) is 10.2. The van der Waals surface area contributed by atoms with Gasteiger partial charge in [0, 0.05) is 24.7 Å². The molecule has 0 saturated carbocycles. The van der Waals surface area contributed by atoms with Gasteiger partial charge >= 0.3 is 0 Å². The summed E-state index contributed by atoms with van der Waals surface area (Å²) in [7, 11) is -2.96. The minimum atomic E-state index is -2.96. The van der Waals surface area contributed by atoms with Crippen molar-refractivity contribution in [2.75, 3.05) is 29.5 Å². The van der Waals surface area contributed by atoms with Gasteiger partial charge in [-0.15, -0.1) is 0 Å². The van der Waals surface area contributed by atoms with Gasteiger partial charge in [-0.05, 0) is 29.9 Å². The molecule has 0 aromatic heterocycles. The van der Waals surface area contributed by atoms with Crippen molar-refractivity contribution in [3.05, 3.63) is 29.8 Å². The molecule has 2 aliphatic heterocycles. The van der Waals surface area contributed by atoms with E-state index < -0.39 is 15.4 Å². The number of hydrogen-bond donors (Lipinski definition) is 1. The predicted molar refractivity (Wildman–Crippen MR) is 93.7 cm³/mol. The van der Waals surface area contributed by atoms with Gasteiger partial charge in [-0.25, -0.2) is 8.42 Å². The molecule has 0 radical (unpaired) electrons. The number of rotatable bonds is 2. The van der Waals surface area contributed by atoms with Gasteiger partial charge in [0.15, 0.2) is 9.84 Å². The van der Waals surface area contributed by atoms with Gasteiger partial charge < -0.3 is 10.0 Å². The largest absolute Gasteiger partial charge is 0.388 e. The van der Waals surface area contributed by atoms with Crippen LogP contribution in [0.4, 0.5) is 5.69 Å². The summed E-state index contributed by atoms with van der Waals surface area (Å²) in [4.78, 5) is 2.25. The minimum Gasteiger partial charge on any atom is -0.388 e. The number of β-amino-alcohol motifs (C(OH)–C–C–N with tert-alkyl or cyclic N) is 1. The van der Waals surface area contributed by atoms with Gasteiger partial charge in [0.1, 0.15) is 0 Å². The molecule has 1 aromatic carbocycles. The van der Waals surface area contributed by atoms with Crippen LogP contribution in [-0.2, 0) is 9.84 Å². The van der Waals surface area contributed by atoms with E-state index in [-0.39, 0.29) is 16.9 Å². The Balaban J connectivity index is 1.82. The summed E-state index contributed by atoms with van der Waals surface area (Å²) in [5, 5.41) is 10.9. The first kappa shape index (κ1) is 16.8. The van der Waals surface area contributed by atoms with Crippen molar-refractivity contribution < 1.29 is 13.5 Å². The fourth-order valence-corrected chi connectivity index (χ4v) is 5.39. The lowest BCUT2D eigenvalue weighted by Gasteiger charge is -2.37. The van der Waals surface area contributed by atoms with Crippen molar-refractivity contribution in [2.24, 2.45) is 5.41 Å². The molecule has 0 spiro atoms. The van der Waals surface area contributed by atoms with E-state index >= 15 is 0 Å². The average Bonchev–Trinajstić information content (AvgIpc) is 2.82. The van der Waals surface area contributed by atoms with Crippen LogP contribution in [0.1, 0.15) is 45.1 Å². The highest BCUT2D eigenvalue weighted by Gasteiger charge is 2.41. The number of anilines is 1. The molecule has 1 aromatic rings. The Morgan fingerprint density at radius 3 is 2.43 bits per heavy atom. The lowest BCUT2D eigenvalue weighted by Crippen LogP contribution is -2.48. The quantitative estimate of drug-likeness (QED) is 0.901. The first-order valence-electron chi connectivity index (χ1n) is 8.36. The standard InChI is InChI=1S/C18H27NO3S/c1-17(2,3)15-12-19(16-7-5-4-6-14(15)16)13-18(20)8-10-23(21,22)11-9-18/h4-7,15,20H,8-13H2,1-3H3/t15-/m1/s1. The number of hydrogen-bond acceptors (Lipinski definition) is 4. The maximum atomic E-state index is 11.6. The van der Waals surface area contributed by atoms with E-state index in [0.717, 1.165) is 6.54 Å². The second-order valence-electron chi connectivity index (χ2n) is 8.23. The molecule has 0 bridgehead atoms. The van der Waals surface area contributed by atoms with Crippen LogP contribution in [0, 0.1) is 5.41 Å². The smallest absolute Gasteiger partial charge is 0.150 e. The third-order valence-electron chi connectivity index (χ3n) is 5.34. The fourth-order valence-electron chi connectivity index (χ4n) is 3.81. The Morgan fingerprint density at radius 2 is 1.83 bits per heavy atom. The summed E-state index contributed by atoms with van der Waals surface area (Å²) in [5.74, 6) is 0.623. The molecule has 3 rings (SSSR count). The molecule has 0 aliphatic carbocycles. The Morgan fingerprint density at radius 1 is 1.22 bits per heavy atom. The maximum Gasteiger partial charge on any atom is 0.150 e. The van der Waals surface area contributed by atoms with E-state index in [2.05, 4.69) is 43.9 Å². The molecular formula is C18H27NO3S. The predicted octanol–water partition coefficient (Wildman–Crippen LogP) is 2.58. The Labute approximate surface area is 139 Å². The van der Waals surface area contributed by atoms with Crippen LogP contribution in [0.3, 0.4) is 0 Å². The molecule has 0 amide bonds. The van der Waals surface area contributed by atoms with Crippen LogP contribution in [0.25, 0.3) is 0 Å². The zero-order valence-corrected chi connectivity index (χ0v) is 15.1. The zero-order valence-electron chi connectivity index (χ0n) is 14.2. The lowest BCUT2D eigenvalue weighted by molar-refractivity contribution is 0.0372. The van der Waals surface area contributed by atoms with E-state index in [1.165, 1.54) is 11.3 Å². The van der Waals surface area contributed by atoms with E-state index in [9.17, 15) is 13.5 Å². The van der Waals surface area contributed by atoms with Crippen LogP contribution in [0.2, 0.25) is 0 Å². The van der Waals surface area contributed by atoms with E-state index in [1.54, 1.807) is 0 Å². The van der Waals surface area contributed by atoms with Crippen LogP contribution in [-0.4, -0.2) is 43.7 Å². The Bertz CT molecular complexity index is 676. The molecule has 1 N–H and O–H groups in total. The summed E-state index contributed by atoms with van der Waals surface area (Å²) < 4.78 is 23.3. The molecular weight excluding hydrogens is 310 g/mol. The van der Waals surface area contributed by atoms with Crippen LogP contribution in [0.5, 0.6) is 0 Å². The van der Waals surface area contributed by atoms with Gasteiger partial charge in [-0.3, -0.25) is 0 Å². The molecule has 4 nitrogen and oxygen atoms in total. The van der Waals surface area contributed by atoms with Gasteiger partial charge in [-0.1, -0.05) is 39.0 Å². The molecule has 128 valence electrons. The molecule has 5 heteroatoms.